The summed E-state index contributed by atoms with van der Waals surface area (Å²) in [5.74, 6) is 0. The van der Waals surface area contributed by atoms with Crippen LogP contribution in [-0.2, 0) is 10.8 Å². The van der Waals surface area contributed by atoms with E-state index in [2.05, 4.69) is 266 Å². The van der Waals surface area contributed by atoms with Crippen molar-refractivity contribution in [2.24, 2.45) is 0 Å². The largest absolute Gasteiger partial charge is 0.456 e. The van der Waals surface area contributed by atoms with Gasteiger partial charge in [0.2, 0.25) is 0 Å². The summed E-state index contributed by atoms with van der Waals surface area (Å²) in [6.45, 7) is 0. The predicted octanol–water partition coefficient (Wildman–Crippen LogP) is 19.7. The molecule has 0 aliphatic heterocycles. The van der Waals surface area contributed by atoms with Crippen molar-refractivity contribution in [3.63, 3.8) is 0 Å². The Morgan fingerprint density at radius 3 is 1.37 bits per heavy atom. The Morgan fingerprint density at radius 1 is 0.316 bits per heavy atom. The highest BCUT2D eigenvalue weighted by molar-refractivity contribution is 6.34. The highest BCUT2D eigenvalue weighted by atomic mass is 16.3. The molecular weight excluding hydrogens is 919 g/mol. The van der Waals surface area contributed by atoms with Gasteiger partial charge in [0.05, 0.1) is 10.8 Å². The van der Waals surface area contributed by atoms with Gasteiger partial charge in [-0.05, 0) is 174 Å². The van der Waals surface area contributed by atoms with Crippen LogP contribution in [0.2, 0.25) is 0 Å². The first-order valence-electron chi connectivity index (χ1n) is 27.0. The van der Waals surface area contributed by atoms with E-state index in [1.165, 1.54) is 99.1 Å². The second-order valence-electron chi connectivity index (χ2n) is 21.1. The van der Waals surface area contributed by atoms with Crippen LogP contribution in [0.5, 0.6) is 0 Å². The third-order valence-electron chi connectivity index (χ3n) is 17.4. The van der Waals surface area contributed by atoms with Crippen molar-refractivity contribution in [3.05, 3.63) is 305 Å². The van der Waals surface area contributed by atoms with Crippen LogP contribution in [0, 0.1) is 0 Å². The first-order valence-corrected chi connectivity index (χ1v) is 27.0. The molecule has 0 radical (unpaired) electrons. The number of furan rings is 1. The van der Waals surface area contributed by atoms with Gasteiger partial charge in [-0.1, -0.05) is 206 Å². The molecule has 12 aromatic rings. The van der Waals surface area contributed by atoms with Gasteiger partial charge >= 0.3 is 0 Å². The Hall–Kier alpha value is -9.24. The minimum absolute atomic E-state index is 0.523. The van der Waals surface area contributed by atoms with Gasteiger partial charge in [0.1, 0.15) is 11.2 Å². The van der Waals surface area contributed by atoms with Crippen molar-refractivity contribution in [1.82, 2.24) is 0 Å². The molecule has 0 bridgehead atoms. The molecule has 4 aliphatic rings. The number of allylic oxidation sites excluding steroid dienone is 8. The first kappa shape index (κ1) is 43.2. The monoisotopic (exact) mass is 969 g/mol. The number of hydrogen-bond donors (Lipinski definition) is 0. The molecule has 0 saturated heterocycles. The minimum atomic E-state index is -0.523. The Labute approximate surface area is 442 Å². The molecule has 1 aromatic heterocycles. The van der Waals surface area contributed by atoms with Gasteiger partial charge in [-0.25, -0.2) is 0 Å². The van der Waals surface area contributed by atoms with Gasteiger partial charge in [0.25, 0.3) is 0 Å². The average molecular weight is 970 g/mol. The third kappa shape index (κ3) is 5.93. The van der Waals surface area contributed by atoms with Gasteiger partial charge in [-0.3, -0.25) is 0 Å². The normalized spacial score (nSPS) is 18.2. The molecule has 4 aliphatic carbocycles. The maximum absolute atomic E-state index is 6.58. The van der Waals surface area contributed by atoms with E-state index >= 15 is 0 Å². The van der Waals surface area contributed by atoms with Gasteiger partial charge in [-0.15, -0.1) is 0 Å². The summed E-state index contributed by atoms with van der Waals surface area (Å²) in [5, 5.41) is 9.63. The molecule has 2 unspecified atom stereocenters. The minimum Gasteiger partial charge on any atom is -0.456 e. The molecule has 11 aromatic carbocycles. The van der Waals surface area contributed by atoms with E-state index in [4.69, 9.17) is 4.42 Å². The lowest BCUT2D eigenvalue weighted by atomic mass is 9.66. The van der Waals surface area contributed by atoms with E-state index in [1.807, 2.05) is 0 Å². The number of para-hydroxylation sites is 1. The fraction of sp³-hybridized carbons (Fsp3) is 0.0811. The van der Waals surface area contributed by atoms with Crippen molar-refractivity contribution in [2.75, 3.05) is 4.90 Å². The molecule has 2 atom stereocenters. The summed E-state index contributed by atoms with van der Waals surface area (Å²) in [6.07, 6.45) is 18.7. The van der Waals surface area contributed by atoms with Gasteiger partial charge < -0.3 is 9.32 Å². The van der Waals surface area contributed by atoms with Crippen LogP contribution in [0.15, 0.2) is 276 Å². The summed E-state index contributed by atoms with van der Waals surface area (Å²) < 4.78 is 6.58. The second-order valence-corrected chi connectivity index (χ2v) is 21.1. The van der Waals surface area contributed by atoms with Gasteiger partial charge in [-0.2, -0.15) is 0 Å². The highest BCUT2D eigenvalue weighted by Crippen LogP contribution is 2.61. The summed E-state index contributed by atoms with van der Waals surface area (Å²) in [4.78, 5) is 2.56. The van der Waals surface area contributed by atoms with E-state index < -0.39 is 10.8 Å². The lowest BCUT2D eigenvalue weighted by Gasteiger charge is -2.37. The third-order valence-corrected chi connectivity index (χ3v) is 17.4. The Bertz CT molecular complexity index is 4350. The average Bonchev–Trinajstić information content (AvgIpc) is 4.14. The van der Waals surface area contributed by atoms with Crippen molar-refractivity contribution in [2.45, 2.75) is 36.5 Å². The summed E-state index contributed by atoms with van der Waals surface area (Å²) in [7, 11) is 0. The topological polar surface area (TPSA) is 16.4 Å². The smallest absolute Gasteiger partial charge is 0.136 e. The van der Waals surface area contributed by atoms with Crippen LogP contribution < -0.4 is 4.90 Å². The zero-order chi connectivity index (χ0) is 50.0. The van der Waals surface area contributed by atoms with Crippen LogP contribution >= 0.6 is 0 Å². The number of hydrogen-bond acceptors (Lipinski definition) is 2. The second kappa shape index (κ2) is 16.6. The predicted molar refractivity (Wildman–Crippen MR) is 317 cm³/mol. The van der Waals surface area contributed by atoms with Crippen LogP contribution in [0.3, 0.4) is 0 Å². The van der Waals surface area contributed by atoms with Gasteiger partial charge in [0, 0.05) is 33.2 Å². The van der Waals surface area contributed by atoms with E-state index in [0.29, 0.717) is 0 Å². The highest BCUT2D eigenvalue weighted by Gasteiger charge is 2.49. The van der Waals surface area contributed by atoms with Crippen molar-refractivity contribution in [3.8, 4) is 22.3 Å². The lowest BCUT2D eigenvalue weighted by molar-refractivity contribution is 0.669. The molecule has 0 fully saturated rings. The summed E-state index contributed by atoms with van der Waals surface area (Å²) in [6, 6.07) is 84.5. The zero-order valence-corrected chi connectivity index (χ0v) is 42.0. The summed E-state index contributed by atoms with van der Waals surface area (Å²) >= 11 is 0. The summed E-state index contributed by atoms with van der Waals surface area (Å²) in [5.41, 5.74) is 19.7. The maximum atomic E-state index is 6.58. The SMILES string of the molecule is C1=CC(C2(c3ccccc3)c3ccccc3-c3ccc(N(c4ccc5c(c4)C(C4=CCCC=C4)(c4ccccc4)c4ccccc4-5)c4ccc5c6ccccc6c6c(ccc7oc8ccccc8c76)c5c4)cc32)=CCC1. The molecule has 16 rings (SSSR count). The van der Waals surface area contributed by atoms with Crippen molar-refractivity contribution in [1.29, 1.82) is 0 Å². The molecule has 2 heteroatoms. The number of fused-ring (bicyclic) bond motifs is 16. The number of benzene rings is 11. The number of anilines is 3. The molecule has 0 amide bonds. The fourth-order valence-electron chi connectivity index (χ4n) is 14.4. The first-order chi connectivity index (χ1) is 37.7. The van der Waals surface area contributed by atoms with Crippen LogP contribution in [0.25, 0.3) is 76.5 Å². The molecule has 76 heavy (non-hydrogen) atoms. The fourth-order valence-corrected chi connectivity index (χ4v) is 14.4. The number of rotatable bonds is 7. The van der Waals surface area contributed by atoms with Crippen molar-refractivity contribution < 1.29 is 4.42 Å². The maximum Gasteiger partial charge on any atom is 0.136 e. The van der Waals surface area contributed by atoms with E-state index in [-0.39, 0.29) is 0 Å². The molecule has 0 spiro atoms. The van der Waals surface area contributed by atoms with Crippen LogP contribution in [0.4, 0.5) is 17.1 Å². The molecule has 0 saturated carbocycles. The zero-order valence-electron chi connectivity index (χ0n) is 42.0. The van der Waals surface area contributed by atoms with E-state index in [9.17, 15) is 0 Å². The van der Waals surface area contributed by atoms with E-state index in [1.54, 1.807) is 0 Å². The van der Waals surface area contributed by atoms with Crippen LogP contribution in [-0.4, -0.2) is 0 Å². The number of nitrogens with zero attached hydrogens (tertiary/aromatic N) is 1. The molecule has 0 N–H and O–H groups in total. The molecular formula is C74H51NO. The molecule has 2 nitrogen and oxygen atoms in total. The quantitative estimate of drug-likeness (QED) is 0.148. The van der Waals surface area contributed by atoms with Crippen LogP contribution in [0.1, 0.15) is 59.1 Å². The van der Waals surface area contributed by atoms with Crippen molar-refractivity contribution >= 4 is 71.3 Å². The Balaban J connectivity index is 1.01. The molecule has 1 heterocycles. The molecule has 358 valence electrons. The Kier molecular flexibility index (Phi) is 9.45. The van der Waals surface area contributed by atoms with E-state index in [0.717, 1.165) is 64.7 Å². The van der Waals surface area contributed by atoms with Gasteiger partial charge in [0.15, 0.2) is 0 Å². The standard InChI is InChI=1S/C74H51NO/c1-5-21-48(22-6-1)73(49-23-7-2-8-24-49)65-34-18-15-30-57(65)59-41-38-53(46-67(59)73)75(54-39-42-60-58-31-16-19-35-66(58)74(68(60)47-54,50-25-9-3-10-26-50)51-27-11-4-12-28-51)52-37-40-56-55-29-13-14-32-61(55)71-62(64(56)45-52)43-44-70-72(71)63-33-17-20-36-69(63)76-70/h1,3,5-7,9-11,13-47H,2,4,8,12H2. The Morgan fingerprint density at radius 2 is 0.776 bits per heavy atom. The lowest BCUT2D eigenvalue weighted by Crippen LogP contribution is -2.30.